The van der Waals surface area contributed by atoms with E-state index in [1.807, 2.05) is 24.3 Å². The highest BCUT2D eigenvalue weighted by Gasteiger charge is 2.10. The van der Waals surface area contributed by atoms with Crippen molar-refractivity contribution in [3.05, 3.63) is 45.7 Å². The molecule has 23 heavy (non-hydrogen) atoms. The Morgan fingerprint density at radius 3 is 2.78 bits per heavy atom. The molecule has 2 aromatic heterocycles. The molecule has 0 saturated carbocycles. The molecule has 0 radical (unpaired) electrons. The average Bonchev–Trinajstić information content (AvgIpc) is 2.88. The minimum absolute atomic E-state index is 0.499. The second-order valence-electron chi connectivity index (χ2n) is 4.93. The minimum Gasteiger partial charge on any atom is -0.491 e. The lowest BCUT2D eigenvalue weighted by Crippen LogP contribution is -2.02. The highest BCUT2D eigenvalue weighted by molar-refractivity contribution is 7.99. The molecule has 120 valence electrons. The molecule has 0 saturated heterocycles. The number of aromatic nitrogens is 4. The van der Waals surface area contributed by atoms with E-state index in [4.69, 9.17) is 27.9 Å². The van der Waals surface area contributed by atoms with Crippen LogP contribution in [0.5, 0.6) is 5.75 Å². The maximum atomic E-state index is 6.07. The first-order valence-corrected chi connectivity index (χ1v) is 8.69. The fraction of sp³-hybridized carbons (Fsp3) is 0.267. The first-order chi connectivity index (χ1) is 11.0. The number of fused-ring (bicyclic) bond motifs is 1. The molecule has 5 nitrogen and oxygen atoms in total. The van der Waals surface area contributed by atoms with Crippen LogP contribution < -0.4 is 4.74 Å². The third-order valence-corrected chi connectivity index (χ3v) is 4.55. The van der Waals surface area contributed by atoms with Crippen molar-refractivity contribution in [3.63, 3.8) is 0 Å². The van der Waals surface area contributed by atoms with Crippen molar-refractivity contribution in [2.75, 3.05) is 12.4 Å². The smallest absolute Gasteiger partial charge is 0.256 e. The monoisotopic (exact) mass is 368 g/mol. The van der Waals surface area contributed by atoms with Gasteiger partial charge in [-0.15, -0.1) is 10.2 Å². The molecule has 0 fully saturated rings. The standard InChI is InChI=1S/C15H14Cl2N4OS/c1-9-7-10(2)21-14(18-9)19-20-15(21)23-6-5-22-13-4-3-11(16)8-12(13)17/h3-4,7-8H,5-6H2,1-2H3. The van der Waals surface area contributed by atoms with Gasteiger partial charge in [0.25, 0.3) is 5.78 Å². The molecular formula is C15H14Cl2N4OS. The predicted octanol–water partition coefficient (Wildman–Crippen LogP) is 4.22. The minimum atomic E-state index is 0.499. The molecule has 0 spiro atoms. The summed E-state index contributed by atoms with van der Waals surface area (Å²) in [5.74, 6) is 1.95. The number of rotatable bonds is 5. The van der Waals surface area contributed by atoms with Crippen LogP contribution in [-0.2, 0) is 0 Å². The zero-order chi connectivity index (χ0) is 16.4. The van der Waals surface area contributed by atoms with Crippen LogP contribution in [0.2, 0.25) is 10.0 Å². The Labute approximate surface area is 148 Å². The van der Waals surface area contributed by atoms with E-state index in [1.54, 1.807) is 30.0 Å². The van der Waals surface area contributed by atoms with Crippen molar-refractivity contribution in [1.29, 1.82) is 0 Å². The van der Waals surface area contributed by atoms with Gasteiger partial charge < -0.3 is 4.74 Å². The Bertz CT molecular complexity index is 853. The number of hydrogen-bond donors (Lipinski definition) is 0. The van der Waals surface area contributed by atoms with Gasteiger partial charge in [0.15, 0.2) is 5.16 Å². The number of aryl methyl sites for hydroxylation is 2. The number of hydrogen-bond acceptors (Lipinski definition) is 5. The largest absolute Gasteiger partial charge is 0.491 e. The van der Waals surface area contributed by atoms with Crippen LogP contribution in [0.15, 0.2) is 29.4 Å². The summed E-state index contributed by atoms with van der Waals surface area (Å²) in [6.45, 7) is 4.45. The highest BCUT2D eigenvalue weighted by atomic mass is 35.5. The van der Waals surface area contributed by atoms with Crippen LogP contribution in [0.25, 0.3) is 5.78 Å². The average molecular weight is 369 g/mol. The number of benzene rings is 1. The van der Waals surface area contributed by atoms with Crippen LogP contribution in [0.1, 0.15) is 11.4 Å². The zero-order valence-electron chi connectivity index (χ0n) is 12.6. The third-order valence-electron chi connectivity index (χ3n) is 3.13. The van der Waals surface area contributed by atoms with E-state index in [-0.39, 0.29) is 0 Å². The van der Waals surface area contributed by atoms with Gasteiger partial charge in [0.05, 0.1) is 11.6 Å². The fourth-order valence-electron chi connectivity index (χ4n) is 2.17. The third kappa shape index (κ3) is 3.71. The van der Waals surface area contributed by atoms with Crippen LogP contribution in [0.3, 0.4) is 0 Å². The highest BCUT2D eigenvalue weighted by Crippen LogP contribution is 2.28. The number of halogens is 2. The number of nitrogens with zero attached hydrogens (tertiary/aromatic N) is 4. The van der Waals surface area contributed by atoms with Crippen LogP contribution >= 0.6 is 35.0 Å². The van der Waals surface area contributed by atoms with Gasteiger partial charge in [-0.25, -0.2) is 4.98 Å². The van der Waals surface area contributed by atoms with E-state index >= 15 is 0 Å². The molecule has 0 amide bonds. The van der Waals surface area contributed by atoms with E-state index in [9.17, 15) is 0 Å². The lowest BCUT2D eigenvalue weighted by Gasteiger charge is -2.08. The van der Waals surface area contributed by atoms with Crippen LogP contribution in [0.4, 0.5) is 0 Å². The van der Waals surface area contributed by atoms with Crippen molar-refractivity contribution >= 4 is 40.7 Å². The molecule has 0 bridgehead atoms. The Balaban J connectivity index is 1.63. The first kappa shape index (κ1) is 16.4. The van der Waals surface area contributed by atoms with Gasteiger partial charge >= 0.3 is 0 Å². The number of ether oxygens (including phenoxy) is 1. The van der Waals surface area contributed by atoms with E-state index in [0.29, 0.717) is 33.9 Å². The van der Waals surface area contributed by atoms with E-state index in [2.05, 4.69) is 15.2 Å². The second kappa shape index (κ2) is 6.95. The van der Waals surface area contributed by atoms with Crippen LogP contribution in [0, 0.1) is 13.8 Å². The Kier molecular flexibility index (Phi) is 4.94. The van der Waals surface area contributed by atoms with Crippen LogP contribution in [-0.4, -0.2) is 31.9 Å². The van der Waals surface area contributed by atoms with Gasteiger partial charge in [-0.1, -0.05) is 35.0 Å². The first-order valence-electron chi connectivity index (χ1n) is 6.94. The predicted molar refractivity (Wildman–Crippen MR) is 92.9 cm³/mol. The number of thioether (sulfide) groups is 1. The lowest BCUT2D eigenvalue weighted by molar-refractivity contribution is 0.344. The van der Waals surface area contributed by atoms with Gasteiger partial charge in [0.1, 0.15) is 5.75 Å². The molecule has 0 unspecified atom stereocenters. The Morgan fingerprint density at radius 2 is 2.00 bits per heavy atom. The van der Waals surface area contributed by atoms with E-state index < -0.39 is 0 Å². The summed E-state index contributed by atoms with van der Waals surface area (Å²) >= 11 is 13.5. The van der Waals surface area contributed by atoms with Crippen molar-refractivity contribution in [1.82, 2.24) is 19.6 Å². The Morgan fingerprint density at radius 1 is 1.17 bits per heavy atom. The quantitative estimate of drug-likeness (QED) is 0.498. The van der Waals surface area contributed by atoms with E-state index in [1.165, 1.54) is 0 Å². The maximum absolute atomic E-state index is 6.07. The summed E-state index contributed by atoms with van der Waals surface area (Å²) in [6, 6.07) is 7.18. The van der Waals surface area contributed by atoms with Gasteiger partial charge in [-0.05, 0) is 38.1 Å². The van der Waals surface area contributed by atoms with Crippen molar-refractivity contribution in [2.45, 2.75) is 19.0 Å². The Hall–Kier alpha value is -1.50. The van der Waals surface area contributed by atoms with Crippen molar-refractivity contribution < 1.29 is 4.74 Å². The molecule has 3 rings (SSSR count). The molecule has 0 aliphatic rings. The van der Waals surface area contributed by atoms with Gasteiger partial charge in [0, 0.05) is 22.2 Å². The van der Waals surface area contributed by atoms with E-state index in [0.717, 1.165) is 16.5 Å². The molecule has 2 heterocycles. The fourth-order valence-corrected chi connectivity index (χ4v) is 3.44. The second-order valence-corrected chi connectivity index (χ2v) is 6.83. The summed E-state index contributed by atoms with van der Waals surface area (Å²) in [6.07, 6.45) is 0. The molecular weight excluding hydrogens is 355 g/mol. The zero-order valence-corrected chi connectivity index (χ0v) is 14.9. The summed E-state index contributed by atoms with van der Waals surface area (Å²) in [7, 11) is 0. The normalized spacial score (nSPS) is 11.1. The molecule has 3 aromatic rings. The molecule has 1 aromatic carbocycles. The molecule has 0 N–H and O–H groups in total. The summed E-state index contributed by atoms with van der Waals surface area (Å²) in [4.78, 5) is 4.37. The summed E-state index contributed by atoms with van der Waals surface area (Å²) < 4.78 is 7.60. The van der Waals surface area contributed by atoms with Gasteiger partial charge in [0.2, 0.25) is 0 Å². The molecule has 0 atom stereocenters. The molecule has 0 aliphatic carbocycles. The summed E-state index contributed by atoms with van der Waals surface area (Å²) in [5.41, 5.74) is 1.99. The molecule has 8 heteroatoms. The SMILES string of the molecule is Cc1cc(C)n2c(SCCOc3ccc(Cl)cc3Cl)nnc2n1. The van der Waals surface area contributed by atoms with Gasteiger partial charge in [-0.3, -0.25) is 4.40 Å². The maximum Gasteiger partial charge on any atom is 0.256 e. The van der Waals surface area contributed by atoms with Crippen molar-refractivity contribution in [2.24, 2.45) is 0 Å². The molecule has 0 aliphatic heterocycles. The lowest BCUT2D eigenvalue weighted by atomic mass is 10.3. The summed E-state index contributed by atoms with van der Waals surface area (Å²) in [5, 5.41) is 10.2. The topological polar surface area (TPSA) is 52.3 Å². The van der Waals surface area contributed by atoms with Gasteiger partial charge in [-0.2, -0.15) is 0 Å². The van der Waals surface area contributed by atoms with Crippen molar-refractivity contribution in [3.8, 4) is 5.75 Å².